The second kappa shape index (κ2) is 5.53. The summed E-state index contributed by atoms with van der Waals surface area (Å²) in [5, 5.41) is 0. The predicted molar refractivity (Wildman–Crippen MR) is 68.4 cm³/mol. The highest BCUT2D eigenvalue weighted by atomic mass is 15.0. The summed E-state index contributed by atoms with van der Waals surface area (Å²) in [5.41, 5.74) is 9.04. The lowest BCUT2D eigenvalue weighted by molar-refractivity contribution is 0.521. The van der Waals surface area contributed by atoms with Gasteiger partial charge in [-0.3, -0.25) is 0 Å². The van der Waals surface area contributed by atoms with E-state index in [0.717, 1.165) is 6.42 Å². The van der Waals surface area contributed by atoms with Gasteiger partial charge in [-0.15, -0.1) is 0 Å². The molecule has 1 aliphatic carbocycles. The van der Waals surface area contributed by atoms with Crippen molar-refractivity contribution >= 4 is 0 Å². The second-order valence-corrected chi connectivity index (χ2v) is 4.97. The molecular formula is C14H24N2. The minimum absolute atomic E-state index is 0.292. The van der Waals surface area contributed by atoms with Crippen molar-refractivity contribution in [2.45, 2.75) is 64.5 Å². The van der Waals surface area contributed by atoms with Crippen molar-refractivity contribution in [2.75, 3.05) is 0 Å². The molecule has 1 aliphatic rings. The maximum atomic E-state index is 6.12. The van der Waals surface area contributed by atoms with Crippen molar-refractivity contribution in [3.63, 3.8) is 0 Å². The summed E-state index contributed by atoms with van der Waals surface area (Å²) in [6.45, 7) is 3.44. The molecule has 1 atom stereocenters. The molecule has 1 aromatic rings. The van der Waals surface area contributed by atoms with Crippen LogP contribution in [0, 0.1) is 0 Å². The van der Waals surface area contributed by atoms with Crippen LogP contribution in [-0.4, -0.2) is 4.57 Å². The fraction of sp³-hybridized carbons (Fsp3) is 0.714. The van der Waals surface area contributed by atoms with Crippen molar-refractivity contribution in [1.82, 2.24) is 4.57 Å². The highest BCUT2D eigenvalue weighted by Gasteiger charge is 2.19. The first-order chi connectivity index (χ1) is 7.83. The Kier molecular flexibility index (Phi) is 4.05. The number of unbranched alkanes of at least 4 members (excludes halogenated alkanes) is 3. The summed E-state index contributed by atoms with van der Waals surface area (Å²) in [6.07, 6.45) is 11.2. The number of nitrogens with zero attached hydrogens (tertiary/aromatic N) is 1. The van der Waals surface area contributed by atoms with Crippen molar-refractivity contribution in [2.24, 2.45) is 5.73 Å². The van der Waals surface area contributed by atoms with Crippen LogP contribution in [-0.2, 0) is 13.0 Å². The largest absolute Gasteiger partial charge is 0.351 e. The molecule has 1 unspecified atom stereocenters. The SMILES string of the molecule is CCCCCCn1ccc2c1CCCC2N. The van der Waals surface area contributed by atoms with Crippen molar-refractivity contribution < 1.29 is 0 Å². The van der Waals surface area contributed by atoms with Gasteiger partial charge in [-0.25, -0.2) is 0 Å². The molecule has 2 nitrogen and oxygen atoms in total. The number of rotatable bonds is 5. The number of fused-ring (bicyclic) bond motifs is 1. The minimum Gasteiger partial charge on any atom is -0.351 e. The molecule has 2 heteroatoms. The number of nitrogens with two attached hydrogens (primary N) is 1. The van der Waals surface area contributed by atoms with Gasteiger partial charge in [0.2, 0.25) is 0 Å². The van der Waals surface area contributed by atoms with E-state index in [1.165, 1.54) is 56.3 Å². The molecule has 0 aliphatic heterocycles. The van der Waals surface area contributed by atoms with Gasteiger partial charge < -0.3 is 10.3 Å². The third kappa shape index (κ3) is 2.49. The molecule has 0 fully saturated rings. The van der Waals surface area contributed by atoms with Crippen LogP contribution in [0.5, 0.6) is 0 Å². The van der Waals surface area contributed by atoms with E-state index in [2.05, 4.69) is 23.8 Å². The first-order valence-corrected chi connectivity index (χ1v) is 6.76. The average molecular weight is 220 g/mol. The summed E-state index contributed by atoms with van der Waals surface area (Å²) >= 11 is 0. The Balaban J connectivity index is 1.95. The van der Waals surface area contributed by atoms with Gasteiger partial charge in [-0.2, -0.15) is 0 Å². The Hall–Kier alpha value is -0.760. The van der Waals surface area contributed by atoms with Crippen LogP contribution in [0.25, 0.3) is 0 Å². The first kappa shape index (κ1) is 11.7. The lowest BCUT2D eigenvalue weighted by Gasteiger charge is -2.21. The molecule has 16 heavy (non-hydrogen) atoms. The smallest absolute Gasteiger partial charge is 0.0312 e. The summed E-state index contributed by atoms with van der Waals surface area (Å²) in [5.74, 6) is 0. The van der Waals surface area contributed by atoms with Crippen LogP contribution in [0.1, 0.15) is 62.7 Å². The van der Waals surface area contributed by atoms with Gasteiger partial charge >= 0.3 is 0 Å². The molecule has 0 spiro atoms. The molecule has 1 aromatic heterocycles. The fourth-order valence-corrected chi connectivity index (χ4v) is 2.71. The van der Waals surface area contributed by atoms with Crippen LogP contribution in [0.3, 0.4) is 0 Å². The molecule has 90 valence electrons. The highest BCUT2D eigenvalue weighted by molar-refractivity contribution is 5.28. The monoisotopic (exact) mass is 220 g/mol. The van der Waals surface area contributed by atoms with Gasteiger partial charge in [0.05, 0.1) is 0 Å². The lowest BCUT2D eigenvalue weighted by Crippen LogP contribution is -2.18. The molecule has 2 N–H and O–H groups in total. The van der Waals surface area contributed by atoms with E-state index in [4.69, 9.17) is 5.73 Å². The summed E-state index contributed by atoms with van der Waals surface area (Å²) in [6, 6.07) is 2.53. The van der Waals surface area contributed by atoms with E-state index in [1.807, 2.05) is 0 Å². The Morgan fingerprint density at radius 3 is 3.06 bits per heavy atom. The topological polar surface area (TPSA) is 30.9 Å². The molecule has 0 bridgehead atoms. The zero-order valence-corrected chi connectivity index (χ0v) is 10.4. The van der Waals surface area contributed by atoms with E-state index in [1.54, 1.807) is 0 Å². The third-order valence-corrected chi connectivity index (χ3v) is 3.69. The van der Waals surface area contributed by atoms with Crippen LogP contribution in [0.15, 0.2) is 12.3 Å². The Labute approximate surface area is 98.8 Å². The van der Waals surface area contributed by atoms with E-state index in [-0.39, 0.29) is 0 Å². The maximum Gasteiger partial charge on any atom is 0.0312 e. The van der Waals surface area contributed by atoms with Crippen LogP contribution in [0.4, 0.5) is 0 Å². The molecule has 1 heterocycles. The molecule has 0 saturated carbocycles. The maximum absolute atomic E-state index is 6.12. The Morgan fingerprint density at radius 2 is 2.25 bits per heavy atom. The average Bonchev–Trinajstić information content (AvgIpc) is 2.70. The van der Waals surface area contributed by atoms with E-state index in [0.29, 0.717) is 6.04 Å². The highest BCUT2D eigenvalue weighted by Crippen LogP contribution is 2.28. The van der Waals surface area contributed by atoms with Gasteiger partial charge in [0.15, 0.2) is 0 Å². The molecule has 0 amide bonds. The van der Waals surface area contributed by atoms with Gasteiger partial charge in [-0.05, 0) is 37.3 Å². The van der Waals surface area contributed by atoms with Crippen LogP contribution >= 0.6 is 0 Å². The predicted octanol–water partition coefficient (Wildman–Crippen LogP) is 3.40. The third-order valence-electron chi connectivity index (χ3n) is 3.69. The quantitative estimate of drug-likeness (QED) is 0.757. The van der Waals surface area contributed by atoms with Crippen LogP contribution < -0.4 is 5.73 Å². The second-order valence-electron chi connectivity index (χ2n) is 4.97. The van der Waals surface area contributed by atoms with Gasteiger partial charge in [0.25, 0.3) is 0 Å². The molecule has 0 aromatic carbocycles. The normalized spacial score (nSPS) is 19.8. The van der Waals surface area contributed by atoms with Gasteiger partial charge in [0.1, 0.15) is 0 Å². The zero-order valence-electron chi connectivity index (χ0n) is 10.4. The standard InChI is InChI=1S/C14H24N2/c1-2-3-4-5-10-16-11-9-12-13(15)7-6-8-14(12)16/h9,11,13H,2-8,10,15H2,1H3. The van der Waals surface area contributed by atoms with Crippen LogP contribution in [0.2, 0.25) is 0 Å². The van der Waals surface area contributed by atoms with Gasteiger partial charge in [-0.1, -0.05) is 26.2 Å². The Morgan fingerprint density at radius 1 is 1.38 bits per heavy atom. The van der Waals surface area contributed by atoms with E-state index in [9.17, 15) is 0 Å². The number of hydrogen-bond donors (Lipinski definition) is 1. The molecule has 0 radical (unpaired) electrons. The van der Waals surface area contributed by atoms with E-state index < -0.39 is 0 Å². The van der Waals surface area contributed by atoms with Gasteiger partial charge in [0, 0.05) is 24.5 Å². The fourth-order valence-electron chi connectivity index (χ4n) is 2.71. The molecule has 0 saturated heterocycles. The van der Waals surface area contributed by atoms with Crippen molar-refractivity contribution in [3.8, 4) is 0 Å². The number of aromatic nitrogens is 1. The molecular weight excluding hydrogens is 196 g/mol. The summed E-state index contributed by atoms with van der Waals surface area (Å²) in [4.78, 5) is 0. The zero-order chi connectivity index (χ0) is 11.4. The summed E-state index contributed by atoms with van der Waals surface area (Å²) in [7, 11) is 0. The van der Waals surface area contributed by atoms with E-state index >= 15 is 0 Å². The van der Waals surface area contributed by atoms with Crippen molar-refractivity contribution in [3.05, 3.63) is 23.5 Å². The Bertz CT molecular complexity index is 327. The number of hydrogen-bond acceptors (Lipinski definition) is 1. The minimum atomic E-state index is 0.292. The van der Waals surface area contributed by atoms with Crippen molar-refractivity contribution in [1.29, 1.82) is 0 Å². The summed E-state index contributed by atoms with van der Waals surface area (Å²) < 4.78 is 2.43. The lowest BCUT2D eigenvalue weighted by atomic mass is 9.93. The number of aryl methyl sites for hydroxylation is 1. The first-order valence-electron chi connectivity index (χ1n) is 6.76. The molecule has 2 rings (SSSR count).